The van der Waals surface area contributed by atoms with Crippen LogP contribution in [0.1, 0.15) is 11.1 Å². The van der Waals surface area contributed by atoms with E-state index in [9.17, 15) is 4.79 Å². The van der Waals surface area contributed by atoms with Gasteiger partial charge in [-0.1, -0.05) is 24.3 Å². The van der Waals surface area contributed by atoms with Crippen molar-refractivity contribution in [2.75, 3.05) is 13.1 Å². The molecule has 0 aliphatic rings. The van der Waals surface area contributed by atoms with Crippen LogP contribution in [0.15, 0.2) is 55.0 Å². The van der Waals surface area contributed by atoms with Gasteiger partial charge in [-0.3, -0.25) is 9.78 Å². The number of aromatic amines is 1. The normalized spacial score (nSPS) is 10.8. The number of H-pyrrole nitrogens is 1. The zero-order chi connectivity index (χ0) is 15.9. The minimum Gasteiger partial charge on any atom is -0.361 e. The third kappa shape index (κ3) is 4.17. The molecule has 0 unspecified atom stereocenters. The van der Waals surface area contributed by atoms with Crippen LogP contribution in [-0.4, -0.2) is 29.0 Å². The first kappa shape index (κ1) is 15.2. The maximum Gasteiger partial charge on any atom is 0.234 e. The number of hydrogen-bond donors (Lipinski definition) is 3. The lowest BCUT2D eigenvalue weighted by Crippen LogP contribution is -2.34. The Morgan fingerprint density at radius 2 is 2.09 bits per heavy atom. The lowest BCUT2D eigenvalue weighted by Gasteiger charge is -2.06. The van der Waals surface area contributed by atoms with Gasteiger partial charge in [0.15, 0.2) is 0 Å². The van der Waals surface area contributed by atoms with E-state index in [0.29, 0.717) is 13.1 Å². The van der Waals surface area contributed by atoms with Crippen LogP contribution in [-0.2, 0) is 17.8 Å². The summed E-state index contributed by atoms with van der Waals surface area (Å²) in [5.41, 5.74) is 3.42. The monoisotopic (exact) mass is 308 g/mol. The van der Waals surface area contributed by atoms with E-state index in [2.05, 4.69) is 32.7 Å². The number of fused-ring (bicyclic) bond motifs is 1. The Morgan fingerprint density at radius 3 is 2.96 bits per heavy atom. The minimum absolute atomic E-state index is 0.00669. The van der Waals surface area contributed by atoms with E-state index in [1.165, 1.54) is 10.9 Å². The fraction of sp³-hybridized carbons (Fsp3) is 0.222. The minimum atomic E-state index is -0.00669. The molecule has 3 rings (SSSR count). The molecule has 2 aromatic heterocycles. The molecule has 0 bridgehead atoms. The molecular weight excluding hydrogens is 288 g/mol. The molecule has 5 heteroatoms. The number of carbonyl (C=O) groups excluding carboxylic acids is 1. The van der Waals surface area contributed by atoms with Gasteiger partial charge in [-0.25, -0.2) is 0 Å². The van der Waals surface area contributed by atoms with Crippen LogP contribution in [0.3, 0.4) is 0 Å². The molecule has 0 saturated heterocycles. The Bertz CT molecular complexity index is 767. The van der Waals surface area contributed by atoms with Gasteiger partial charge in [0, 0.05) is 36.0 Å². The molecule has 118 valence electrons. The van der Waals surface area contributed by atoms with Gasteiger partial charge < -0.3 is 15.6 Å². The first-order chi connectivity index (χ1) is 11.3. The fourth-order valence-electron chi connectivity index (χ4n) is 2.53. The molecule has 0 aliphatic heterocycles. The summed E-state index contributed by atoms with van der Waals surface area (Å²) in [6.07, 6.45) is 6.40. The summed E-state index contributed by atoms with van der Waals surface area (Å²) in [4.78, 5) is 19.1. The molecule has 1 aromatic carbocycles. The van der Waals surface area contributed by atoms with Gasteiger partial charge in [-0.2, -0.15) is 0 Å². The van der Waals surface area contributed by atoms with Crippen molar-refractivity contribution >= 4 is 16.8 Å². The average molecular weight is 308 g/mol. The maximum absolute atomic E-state index is 11.8. The highest BCUT2D eigenvalue weighted by atomic mass is 16.1. The zero-order valence-electron chi connectivity index (χ0n) is 12.9. The highest BCUT2D eigenvalue weighted by molar-refractivity contribution is 5.83. The molecule has 0 aliphatic carbocycles. The molecule has 3 N–H and O–H groups in total. The van der Waals surface area contributed by atoms with Crippen LogP contribution in [0.2, 0.25) is 0 Å². The van der Waals surface area contributed by atoms with Gasteiger partial charge in [-0.15, -0.1) is 0 Å². The number of nitrogens with one attached hydrogen (secondary N) is 3. The van der Waals surface area contributed by atoms with E-state index in [1.54, 1.807) is 12.4 Å². The number of benzene rings is 1. The van der Waals surface area contributed by atoms with Gasteiger partial charge in [0.1, 0.15) is 0 Å². The molecular formula is C18H20N4O. The van der Waals surface area contributed by atoms with Crippen molar-refractivity contribution < 1.29 is 4.79 Å². The summed E-state index contributed by atoms with van der Waals surface area (Å²) >= 11 is 0. The zero-order valence-corrected chi connectivity index (χ0v) is 12.9. The Balaban J connectivity index is 1.39. The first-order valence-corrected chi connectivity index (χ1v) is 7.74. The highest BCUT2D eigenvalue weighted by Gasteiger charge is 2.04. The van der Waals surface area contributed by atoms with Crippen LogP contribution in [0.4, 0.5) is 0 Å². The number of para-hydroxylation sites is 1. The SMILES string of the molecule is O=C(CNCCc1c[nH]c2ccccc12)NCc1cccnc1. The smallest absolute Gasteiger partial charge is 0.234 e. The summed E-state index contributed by atoms with van der Waals surface area (Å²) in [5, 5.41) is 7.30. The third-order valence-electron chi connectivity index (χ3n) is 3.74. The Morgan fingerprint density at radius 1 is 1.17 bits per heavy atom. The molecule has 5 nitrogen and oxygen atoms in total. The van der Waals surface area contributed by atoms with Crippen LogP contribution >= 0.6 is 0 Å². The maximum atomic E-state index is 11.8. The van der Waals surface area contributed by atoms with E-state index >= 15 is 0 Å². The predicted octanol–water partition coefficient (Wildman–Crippen LogP) is 2.01. The van der Waals surface area contributed by atoms with Crippen molar-refractivity contribution in [1.29, 1.82) is 0 Å². The van der Waals surface area contributed by atoms with E-state index in [4.69, 9.17) is 0 Å². The van der Waals surface area contributed by atoms with Crippen molar-refractivity contribution in [3.05, 3.63) is 66.1 Å². The van der Waals surface area contributed by atoms with Crippen molar-refractivity contribution in [1.82, 2.24) is 20.6 Å². The molecule has 3 aromatic rings. The van der Waals surface area contributed by atoms with Crippen LogP contribution in [0, 0.1) is 0 Å². The fourth-order valence-corrected chi connectivity index (χ4v) is 2.53. The summed E-state index contributed by atoms with van der Waals surface area (Å²) in [6.45, 7) is 1.60. The van der Waals surface area contributed by atoms with Crippen molar-refractivity contribution in [2.24, 2.45) is 0 Å². The standard InChI is InChI=1S/C18H20N4O/c23-18(22-11-14-4-3-8-19-10-14)13-20-9-7-15-12-21-17-6-2-1-5-16(15)17/h1-6,8,10,12,20-21H,7,9,11,13H2,(H,22,23). The summed E-state index contributed by atoms with van der Waals surface area (Å²) in [6, 6.07) is 12.0. The van der Waals surface area contributed by atoms with Gasteiger partial charge in [-0.05, 0) is 36.2 Å². The summed E-state index contributed by atoms with van der Waals surface area (Å²) < 4.78 is 0. The van der Waals surface area contributed by atoms with E-state index in [-0.39, 0.29) is 5.91 Å². The predicted molar refractivity (Wildman–Crippen MR) is 91.0 cm³/mol. The molecule has 2 heterocycles. The van der Waals surface area contributed by atoms with E-state index in [0.717, 1.165) is 24.0 Å². The Hall–Kier alpha value is -2.66. The number of amides is 1. The second-order valence-electron chi connectivity index (χ2n) is 5.42. The summed E-state index contributed by atoms with van der Waals surface area (Å²) in [7, 11) is 0. The molecule has 0 saturated carbocycles. The topological polar surface area (TPSA) is 69.8 Å². The van der Waals surface area contributed by atoms with Crippen LogP contribution < -0.4 is 10.6 Å². The Labute approximate surface area is 135 Å². The van der Waals surface area contributed by atoms with E-state index < -0.39 is 0 Å². The molecule has 1 amide bonds. The largest absolute Gasteiger partial charge is 0.361 e. The quantitative estimate of drug-likeness (QED) is 0.585. The molecule has 0 fully saturated rings. The lowest BCUT2D eigenvalue weighted by atomic mass is 10.1. The van der Waals surface area contributed by atoms with Crippen molar-refractivity contribution in [3.8, 4) is 0 Å². The first-order valence-electron chi connectivity index (χ1n) is 7.74. The second kappa shape index (κ2) is 7.56. The number of rotatable bonds is 7. The molecule has 0 radical (unpaired) electrons. The second-order valence-corrected chi connectivity index (χ2v) is 5.42. The molecule has 23 heavy (non-hydrogen) atoms. The van der Waals surface area contributed by atoms with Gasteiger partial charge in [0.05, 0.1) is 6.54 Å². The van der Waals surface area contributed by atoms with Crippen molar-refractivity contribution in [3.63, 3.8) is 0 Å². The molecule has 0 atom stereocenters. The molecule has 0 spiro atoms. The number of aromatic nitrogens is 2. The van der Waals surface area contributed by atoms with Crippen LogP contribution in [0.25, 0.3) is 10.9 Å². The number of carbonyl (C=O) groups is 1. The average Bonchev–Trinajstić information content (AvgIpc) is 3.01. The van der Waals surface area contributed by atoms with Crippen molar-refractivity contribution in [2.45, 2.75) is 13.0 Å². The number of nitrogens with zero attached hydrogens (tertiary/aromatic N) is 1. The van der Waals surface area contributed by atoms with Gasteiger partial charge in [0.2, 0.25) is 5.91 Å². The third-order valence-corrected chi connectivity index (χ3v) is 3.74. The van der Waals surface area contributed by atoms with Gasteiger partial charge >= 0.3 is 0 Å². The lowest BCUT2D eigenvalue weighted by molar-refractivity contribution is -0.120. The van der Waals surface area contributed by atoms with Crippen LogP contribution in [0.5, 0.6) is 0 Å². The summed E-state index contributed by atoms with van der Waals surface area (Å²) in [5.74, 6) is -0.00669. The Kier molecular flexibility index (Phi) is 5.01. The highest BCUT2D eigenvalue weighted by Crippen LogP contribution is 2.17. The van der Waals surface area contributed by atoms with Gasteiger partial charge in [0.25, 0.3) is 0 Å². The number of pyridine rings is 1. The van der Waals surface area contributed by atoms with E-state index in [1.807, 2.05) is 30.5 Å². The number of hydrogen-bond acceptors (Lipinski definition) is 3.